The lowest BCUT2D eigenvalue weighted by Gasteiger charge is -2.30. The summed E-state index contributed by atoms with van der Waals surface area (Å²) < 4.78 is 0. The summed E-state index contributed by atoms with van der Waals surface area (Å²) in [5.41, 5.74) is 2.68. The molecule has 124 valence electrons. The number of rotatable bonds is 3. The van der Waals surface area contributed by atoms with Crippen LogP contribution in [0, 0.1) is 0 Å². The zero-order valence-corrected chi connectivity index (χ0v) is 15.4. The molecule has 4 nitrogen and oxygen atoms in total. The summed E-state index contributed by atoms with van der Waals surface area (Å²) >= 11 is 6.96. The van der Waals surface area contributed by atoms with Crippen LogP contribution >= 0.6 is 23.6 Å². The number of benzene rings is 1. The van der Waals surface area contributed by atoms with Gasteiger partial charge in [0, 0.05) is 29.5 Å². The van der Waals surface area contributed by atoms with Crippen molar-refractivity contribution in [2.75, 3.05) is 14.1 Å². The molecule has 0 unspecified atom stereocenters. The number of hydrogen-bond acceptors (Lipinski definition) is 3. The number of allylic oxidation sites excluding steroid dienone is 1. The van der Waals surface area contributed by atoms with E-state index in [1.807, 2.05) is 25.1 Å². The van der Waals surface area contributed by atoms with E-state index in [9.17, 15) is 4.79 Å². The Labute approximate surface area is 151 Å². The van der Waals surface area contributed by atoms with E-state index in [2.05, 4.69) is 34.9 Å². The van der Waals surface area contributed by atoms with Gasteiger partial charge in [0.25, 0.3) is 5.91 Å². The number of carbonyl (C=O) groups excluding carboxylic acids is 1. The molecule has 0 spiro atoms. The van der Waals surface area contributed by atoms with E-state index in [-0.39, 0.29) is 11.9 Å². The molecule has 6 heteroatoms. The number of likely N-dealkylation sites (N-methyl/N-ethyl adjacent to an activating group) is 1. The fourth-order valence-corrected chi connectivity index (χ4v) is 4.04. The van der Waals surface area contributed by atoms with E-state index in [1.54, 1.807) is 30.3 Å². The van der Waals surface area contributed by atoms with Gasteiger partial charge in [-0.3, -0.25) is 4.79 Å². The highest BCUT2D eigenvalue weighted by Crippen LogP contribution is 2.36. The second-order valence-corrected chi connectivity index (χ2v) is 7.36. The van der Waals surface area contributed by atoms with Gasteiger partial charge in [-0.1, -0.05) is 30.3 Å². The number of nitrogens with zero attached hydrogens (tertiary/aromatic N) is 1. The summed E-state index contributed by atoms with van der Waals surface area (Å²) in [5, 5.41) is 6.84. The second kappa shape index (κ2) is 6.75. The maximum Gasteiger partial charge on any atom is 0.253 e. The third-order valence-corrected chi connectivity index (χ3v) is 5.29. The lowest BCUT2D eigenvalue weighted by atomic mass is 10.0. The average molecular weight is 358 g/mol. The first-order valence-corrected chi connectivity index (χ1v) is 8.85. The number of carbonyl (C=O) groups is 1. The van der Waals surface area contributed by atoms with Crippen molar-refractivity contribution in [1.29, 1.82) is 0 Å². The fraction of sp³-hybridized carbons (Fsp3) is 0.222. The Morgan fingerprint density at radius 3 is 2.54 bits per heavy atom. The van der Waals surface area contributed by atoms with Crippen LogP contribution in [0.15, 0.2) is 53.7 Å². The van der Waals surface area contributed by atoms with Gasteiger partial charge in [0.1, 0.15) is 0 Å². The Kier molecular flexibility index (Phi) is 4.69. The molecule has 1 aliphatic heterocycles. The molecule has 1 atom stereocenters. The average Bonchev–Trinajstić information content (AvgIpc) is 3.04. The maximum absolute atomic E-state index is 12.6. The van der Waals surface area contributed by atoms with Crippen molar-refractivity contribution < 1.29 is 4.79 Å². The number of thiocarbonyl (C=S) groups is 1. The lowest BCUT2D eigenvalue weighted by Crippen LogP contribution is -2.46. The molecule has 1 aromatic carbocycles. The molecule has 0 saturated carbocycles. The zero-order chi connectivity index (χ0) is 17.3. The zero-order valence-electron chi connectivity index (χ0n) is 13.8. The molecular formula is C18H19N3OS2. The second-order valence-electron chi connectivity index (χ2n) is 5.84. The van der Waals surface area contributed by atoms with Gasteiger partial charge in [0.15, 0.2) is 5.11 Å². The third-order valence-electron chi connectivity index (χ3n) is 3.88. The van der Waals surface area contributed by atoms with Crippen LogP contribution in [0.25, 0.3) is 10.4 Å². The van der Waals surface area contributed by atoms with Crippen LogP contribution in [0.3, 0.4) is 0 Å². The number of hydrogen-bond donors (Lipinski definition) is 2. The fourth-order valence-electron chi connectivity index (χ4n) is 2.70. The highest BCUT2D eigenvalue weighted by atomic mass is 32.1. The minimum absolute atomic E-state index is 0.0188. The topological polar surface area (TPSA) is 44.4 Å². The van der Waals surface area contributed by atoms with Crippen molar-refractivity contribution in [2.45, 2.75) is 13.0 Å². The van der Waals surface area contributed by atoms with Crippen LogP contribution in [-0.4, -0.2) is 30.0 Å². The summed E-state index contributed by atoms with van der Waals surface area (Å²) in [6.07, 6.45) is 0. The monoisotopic (exact) mass is 357 g/mol. The quantitative estimate of drug-likeness (QED) is 0.828. The molecule has 2 N–H and O–H groups in total. The van der Waals surface area contributed by atoms with Gasteiger partial charge < -0.3 is 15.5 Å². The van der Waals surface area contributed by atoms with E-state index in [0.29, 0.717) is 10.7 Å². The van der Waals surface area contributed by atoms with Crippen molar-refractivity contribution in [1.82, 2.24) is 15.5 Å². The van der Waals surface area contributed by atoms with Gasteiger partial charge in [-0.15, -0.1) is 11.3 Å². The predicted molar refractivity (Wildman–Crippen MR) is 103 cm³/mol. The molecule has 0 radical (unpaired) electrons. The van der Waals surface area contributed by atoms with Gasteiger partial charge in [0.05, 0.1) is 11.6 Å². The SMILES string of the molecule is CC1=C(C(=O)N(C)C)[C@@H](c2ccc(-c3ccccc3)s2)NC(=S)N1. The van der Waals surface area contributed by atoms with Crippen molar-refractivity contribution in [2.24, 2.45) is 0 Å². The lowest BCUT2D eigenvalue weighted by molar-refractivity contribution is -0.125. The number of thiophene rings is 1. The molecule has 1 amide bonds. The van der Waals surface area contributed by atoms with E-state index >= 15 is 0 Å². The van der Waals surface area contributed by atoms with Gasteiger partial charge in [-0.2, -0.15) is 0 Å². The molecular weight excluding hydrogens is 338 g/mol. The summed E-state index contributed by atoms with van der Waals surface area (Å²) in [6.45, 7) is 1.89. The van der Waals surface area contributed by atoms with Crippen LogP contribution in [-0.2, 0) is 4.79 Å². The van der Waals surface area contributed by atoms with Crippen LogP contribution < -0.4 is 10.6 Å². The minimum Gasteiger partial charge on any atom is -0.350 e. The molecule has 0 fully saturated rings. The van der Waals surface area contributed by atoms with E-state index < -0.39 is 0 Å². The van der Waals surface area contributed by atoms with Gasteiger partial charge in [-0.25, -0.2) is 0 Å². The van der Waals surface area contributed by atoms with Crippen molar-refractivity contribution in [3.8, 4) is 10.4 Å². The first-order chi connectivity index (χ1) is 11.5. The van der Waals surface area contributed by atoms with Crippen molar-refractivity contribution >= 4 is 34.6 Å². The van der Waals surface area contributed by atoms with Crippen molar-refractivity contribution in [3.63, 3.8) is 0 Å². The third kappa shape index (κ3) is 3.20. The standard InChI is InChI=1S/C18H19N3OS2/c1-11-15(17(22)21(2)3)16(20-18(23)19-11)14-10-9-13(24-14)12-7-5-4-6-8-12/h4-10,16H,1-3H3,(H2,19,20,23)/t16-/m1/s1. The highest BCUT2D eigenvalue weighted by Gasteiger charge is 2.31. The molecule has 0 saturated heterocycles. The van der Waals surface area contributed by atoms with Gasteiger partial charge >= 0.3 is 0 Å². The first kappa shape index (κ1) is 16.7. The molecule has 1 aliphatic rings. The largest absolute Gasteiger partial charge is 0.350 e. The predicted octanol–water partition coefficient (Wildman–Crippen LogP) is 3.30. The summed E-state index contributed by atoms with van der Waals surface area (Å²) in [6, 6.07) is 14.2. The molecule has 2 heterocycles. The smallest absolute Gasteiger partial charge is 0.253 e. The molecule has 3 rings (SSSR count). The Bertz CT molecular complexity index is 809. The summed E-state index contributed by atoms with van der Waals surface area (Å²) in [4.78, 5) is 16.5. The Morgan fingerprint density at radius 2 is 1.88 bits per heavy atom. The van der Waals surface area contributed by atoms with Crippen LogP contribution in [0.4, 0.5) is 0 Å². The number of amides is 1. The van der Waals surface area contributed by atoms with E-state index in [1.165, 1.54) is 10.4 Å². The Morgan fingerprint density at radius 1 is 1.17 bits per heavy atom. The maximum atomic E-state index is 12.6. The molecule has 24 heavy (non-hydrogen) atoms. The van der Waals surface area contributed by atoms with Crippen molar-refractivity contribution in [3.05, 3.63) is 58.6 Å². The first-order valence-electron chi connectivity index (χ1n) is 7.62. The van der Waals surface area contributed by atoms with Crippen LogP contribution in [0.2, 0.25) is 0 Å². The van der Waals surface area contributed by atoms with Crippen LogP contribution in [0.5, 0.6) is 0 Å². The Balaban J connectivity index is 2.00. The van der Waals surface area contributed by atoms with Gasteiger partial charge in [-0.05, 0) is 36.8 Å². The number of nitrogens with one attached hydrogen (secondary N) is 2. The summed E-state index contributed by atoms with van der Waals surface area (Å²) in [5.74, 6) is -0.0188. The van der Waals surface area contributed by atoms with E-state index in [0.717, 1.165) is 10.6 Å². The minimum atomic E-state index is -0.226. The van der Waals surface area contributed by atoms with Gasteiger partial charge in [0.2, 0.25) is 0 Å². The Hall–Kier alpha value is -2.18. The van der Waals surface area contributed by atoms with E-state index in [4.69, 9.17) is 12.2 Å². The molecule has 0 aliphatic carbocycles. The van der Waals surface area contributed by atoms with Crippen LogP contribution in [0.1, 0.15) is 17.8 Å². The normalized spacial score (nSPS) is 17.3. The molecule has 1 aromatic heterocycles. The molecule has 0 bridgehead atoms. The molecule has 2 aromatic rings. The summed E-state index contributed by atoms with van der Waals surface area (Å²) in [7, 11) is 3.52. The highest BCUT2D eigenvalue weighted by molar-refractivity contribution is 7.80.